The summed E-state index contributed by atoms with van der Waals surface area (Å²) in [6, 6.07) is 2.10. The van der Waals surface area contributed by atoms with Gasteiger partial charge in [-0.05, 0) is 38.9 Å². The Morgan fingerprint density at radius 2 is 2.21 bits per heavy atom. The summed E-state index contributed by atoms with van der Waals surface area (Å²) in [6.45, 7) is 6.42. The molecule has 0 bridgehead atoms. The van der Waals surface area contributed by atoms with Crippen molar-refractivity contribution in [2.24, 2.45) is 5.84 Å². The number of halogens is 1. The number of hydrogen-bond donors (Lipinski definition) is 2. The van der Waals surface area contributed by atoms with Gasteiger partial charge in [-0.15, -0.1) is 16.4 Å². The average molecular weight is 361 g/mol. The van der Waals surface area contributed by atoms with E-state index in [1.807, 2.05) is 0 Å². The van der Waals surface area contributed by atoms with Gasteiger partial charge in [0, 0.05) is 21.2 Å². The lowest BCUT2D eigenvalue weighted by atomic mass is 9.89. The average Bonchev–Trinajstić information content (AvgIpc) is 2.94. The second-order valence-corrected chi connectivity index (χ2v) is 7.99. The molecular weight excluding hydrogens is 344 g/mol. The van der Waals surface area contributed by atoms with E-state index in [-0.39, 0.29) is 11.5 Å². The van der Waals surface area contributed by atoms with Crippen LogP contribution in [-0.4, -0.2) is 9.59 Å². The maximum Gasteiger partial charge on any atom is 0.0857 e. The third kappa shape index (κ3) is 3.41. The lowest BCUT2D eigenvalue weighted by Crippen LogP contribution is -2.31. The van der Waals surface area contributed by atoms with E-state index in [0.29, 0.717) is 0 Å². The first kappa shape index (κ1) is 15.1. The van der Waals surface area contributed by atoms with Gasteiger partial charge in [0.05, 0.1) is 16.6 Å². The van der Waals surface area contributed by atoms with Gasteiger partial charge in [-0.2, -0.15) is 0 Å². The second kappa shape index (κ2) is 5.97. The predicted molar refractivity (Wildman–Crippen MR) is 84.4 cm³/mol. The Kier molecular flexibility index (Phi) is 4.73. The number of aromatic nitrogens is 2. The maximum atomic E-state index is 5.73. The fourth-order valence-electron chi connectivity index (χ4n) is 1.83. The van der Waals surface area contributed by atoms with Crippen LogP contribution in [0.2, 0.25) is 0 Å². The quantitative estimate of drug-likeness (QED) is 0.647. The molecule has 0 saturated carbocycles. The fourth-order valence-corrected chi connectivity index (χ4v) is 4.31. The largest absolute Gasteiger partial charge is 0.271 e. The van der Waals surface area contributed by atoms with Crippen LogP contribution in [0, 0.1) is 0 Å². The molecule has 3 N–H and O–H groups in total. The van der Waals surface area contributed by atoms with Crippen LogP contribution in [0.4, 0.5) is 0 Å². The van der Waals surface area contributed by atoms with Gasteiger partial charge in [0.15, 0.2) is 0 Å². The summed E-state index contributed by atoms with van der Waals surface area (Å²) < 4.78 is 5.23. The maximum absolute atomic E-state index is 5.73. The number of hydrazine groups is 1. The van der Waals surface area contributed by atoms with Crippen LogP contribution in [-0.2, 0) is 11.8 Å². The summed E-state index contributed by atoms with van der Waals surface area (Å²) >= 11 is 6.71. The molecule has 19 heavy (non-hydrogen) atoms. The summed E-state index contributed by atoms with van der Waals surface area (Å²) in [5, 5.41) is 6.34. The molecule has 2 rings (SSSR count). The first-order valence-corrected chi connectivity index (χ1v) is 8.38. The molecule has 7 heteroatoms. The van der Waals surface area contributed by atoms with Crippen LogP contribution in [0.3, 0.4) is 0 Å². The molecule has 2 aromatic rings. The van der Waals surface area contributed by atoms with E-state index in [4.69, 9.17) is 5.84 Å². The monoisotopic (exact) mass is 360 g/mol. The molecule has 1 unspecified atom stereocenters. The van der Waals surface area contributed by atoms with Crippen molar-refractivity contribution in [3.05, 3.63) is 31.4 Å². The van der Waals surface area contributed by atoms with Crippen LogP contribution in [0.5, 0.6) is 0 Å². The van der Waals surface area contributed by atoms with Crippen LogP contribution < -0.4 is 11.3 Å². The first-order chi connectivity index (χ1) is 8.93. The van der Waals surface area contributed by atoms with Gasteiger partial charge in [0.25, 0.3) is 0 Å². The smallest absolute Gasteiger partial charge is 0.0857 e. The van der Waals surface area contributed by atoms with Crippen molar-refractivity contribution in [3.63, 3.8) is 0 Å². The van der Waals surface area contributed by atoms with Crippen LogP contribution in [0.15, 0.2) is 15.9 Å². The van der Waals surface area contributed by atoms with Crippen molar-refractivity contribution in [2.45, 2.75) is 38.6 Å². The van der Waals surface area contributed by atoms with E-state index in [1.54, 1.807) is 11.3 Å². The number of thiophene rings is 1. The highest BCUT2D eigenvalue weighted by molar-refractivity contribution is 9.10. The van der Waals surface area contributed by atoms with Gasteiger partial charge in [0.1, 0.15) is 0 Å². The van der Waals surface area contributed by atoms with Gasteiger partial charge < -0.3 is 0 Å². The second-order valence-electron chi connectivity index (χ2n) is 5.35. The van der Waals surface area contributed by atoms with Crippen LogP contribution in [0.1, 0.15) is 42.3 Å². The molecule has 2 aromatic heterocycles. The lowest BCUT2D eigenvalue weighted by molar-refractivity contribution is 0.517. The van der Waals surface area contributed by atoms with Gasteiger partial charge in [-0.25, -0.2) is 0 Å². The minimum atomic E-state index is -0.0237. The predicted octanol–water partition coefficient (Wildman–Crippen LogP) is 3.41. The van der Waals surface area contributed by atoms with E-state index in [2.05, 4.69) is 63.2 Å². The SMILES string of the molecule is CC(C)(C)c1nnsc1C(Cc1sccc1Br)NN. The molecule has 0 aromatic carbocycles. The van der Waals surface area contributed by atoms with Gasteiger partial charge in [0.2, 0.25) is 0 Å². The summed E-state index contributed by atoms with van der Waals surface area (Å²) in [4.78, 5) is 2.39. The molecule has 0 aliphatic carbocycles. The van der Waals surface area contributed by atoms with E-state index < -0.39 is 0 Å². The van der Waals surface area contributed by atoms with Gasteiger partial charge in [-0.3, -0.25) is 11.3 Å². The Balaban J connectivity index is 2.28. The van der Waals surface area contributed by atoms with Crippen molar-refractivity contribution in [1.82, 2.24) is 15.0 Å². The number of nitrogens with two attached hydrogens (primary N) is 1. The Morgan fingerprint density at radius 3 is 2.74 bits per heavy atom. The first-order valence-electron chi connectivity index (χ1n) is 5.94. The topological polar surface area (TPSA) is 63.8 Å². The number of nitrogens with one attached hydrogen (secondary N) is 1. The zero-order valence-electron chi connectivity index (χ0n) is 11.1. The lowest BCUT2D eigenvalue weighted by Gasteiger charge is -2.21. The van der Waals surface area contributed by atoms with Crippen molar-refractivity contribution >= 4 is 38.8 Å². The zero-order valence-corrected chi connectivity index (χ0v) is 14.3. The van der Waals surface area contributed by atoms with E-state index in [9.17, 15) is 0 Å². The summed E-state index contributed by atoms with van der Waals surface area (Å²) in [6.07, 6.45) is 0.835. The minimum Gasteiger partial charge on any atom is -0.271 e. The fraction of sp³-hybridized carbons (Fsp3) is 0.500. The normalized spacial score (nSPS) is 13.7. The van der Waals surface area contributed by atoms with Crippen molar-refractivity contribution in [2.75, 3.05) is 0 Å². The molecular formula is C12H17BrN4S2. The van der Waals surface area contributed by atoms with Crippen LogP contribution >= 0.6 is 38.8 Å². The molecule has 0 spiro atoms. The van der Waals surface area contributed by atoms with E-state index >= 15 is 0 Å². The van der Waals surface area contributed by atoms with E-state index in [1.165, 1.54) is 16.4 Å². The summed E-state index contributed by atoms with van der Waals surface area (Å²) in [5.74, 6) is 5.73. The molecule has 0 fully saturated rings. The molecule has 0 aliphatic rings. The Hall–Kier alpha value is -0.340. The number of nitrogens with zero attached hydrogens (tertiary/aromatic N) is 2. The Labute approximate surface area is 129 Å². The van der Waals surface area contributed by atoms with Crippen molar-refractivity contribution in [1.29, 1.82) is 0 Å². The van der Waals surface area contributed by atoms with Gasteiger partial charge in [-0.1, -0.05) is 25.3 Å². The van der Waals surface area contributed by atoms with Crippen LogP contribution in [0.25, 0.3) is 0 Å². The minimum absolute atomic E-state index is 0.0237. The molecule has 104 valence electrons. The molecule has 0 saturated heterocycles. The third-order valence-electron chi connectivity index (χ3n) is 2.82. The molecule has 2 heterocycles. The molecule has 0 aliphatic heterocycles. The van der Waals surface area contributed by atoms with E-state index in [0.717, 1.165) is 21.5 Å². The standard InChI is InChI=1S/C12H17BrN4S2/c1-12(2,3)11-10(19-17-16-11)8(15-14)6-9-7(13)4-5-18-9/h4-5,8,15H,6,14H2,1-3H3. The molecule has 0 radical (unpaired) electrons. The summed E-state index contributed by atoms with van der Waals surface area (Å²) in [5.41, 5.74) is 3.90. The van der Waals surface area contributed by atoms with Crippen molar-refractivity contribution in [3.8, 4) is 0 Å². The molecule has 1 atom stereocenters. The zero-order chi connectivity index (χ0) is 14.0. The van der Waals surface area contributed by atoms with Crippen molar-refractivity contribution < 1.29 is 0 Å². The van der Waals surface area contributed by atoms with Gasteiger partial charge >= 0.3 is 0 Å². The number of rotatable bonds is 4. The highest BCUT2D eigenvalue weighted by atomic mass is 79.9. The Bertz CT molecular complexity index is 544. The number of hydrogen-bond acceptors (Lipinski definition) is 6. The highest BCUT2D eigenvalue weighted by Gasteiger charge is 2.27. The third-order valence-corrected chi connectivity index (χ3v) is 5.61. The molecule has 0 amide bonds. The Morgan fingerprint density at radius 1 is 1.47 bits per heavy atom. The molecule has 4 nitrogen and oxygen atoms in total. The highest BCUT2D eigenvalue weighted by Crippen LogP contribution is 2.34. The summed E-state index contributed by atoms with van der Waals surface area (Å²) in [7, 11) is 0.